The van der Waals surface area contributed by atoms with Gasteiger partial charge in [-0.15, -0.1) is 13.2 Å². The minimum atomic E-state index is -1.24. The van der Waals surface area contributed by atoms with Crippen LogP contribution in [0.2, 0.25) is 0 Å². The first kappa shape index (κ1) is 35.5. The van der Waals surface area contributed by atoms with E-state index in [1.54, 1.807) is 12.2 Å². The fourth-order valence-corrected chi connectivity index (χ4v) is 8.79. The number of carbonyl (C=O) groups is 4. The van der Waals surface area contributed by atoms with Gasteiger partial charge in [-0.2, -0.15) is 0 Å². The van der Waals surface area contributed by atoms with Crippen molar-refractivity contribution in [2.75, 3.05) is 19.8 Å². The minimum Gasteiger partial charge on any atom is -0.463 e. The summed E-state index contributed by atoms with van der Waals surface area (Å²) >= 11 is 0. The quantitative estimate of drug-likeness (QED) is 0.204. The highest BCUT2D eigenvalue weighted by atomic mass is 16.5. The first-order valence-electron chi connectivity index (χ1n) is 18.0. The van der Waals surface area contributed by atoms with Crippen LogP contribution in [0.25, 0.3) is 0 Å². The average molecular weight is 684 g/mol. The summed E-state index contributed by atoms with van der Waals surface area (Å²) in [6.45, 7) is 7.44. The zero-order valence-electron chi connectivity index (χ0n) is 28.7. The molecule has 6 rings (SSSR count). The van der Waals surface area contributed by atoms with Crippen LogP contribution in [-0.2, 0) is 28.7 Å². The van der Waals surface area contributed by atoms with Crippen molar-refractivity contribution in [1.82, 2.24) is 15.1 Å². The second-order valence-electron chi connectivity index (χ2n) is 14.0. The molecule has 1 spiro atoms. The van der Waals surface area contributed by atoms with Crippen molar-refractivity contribution in [3.63, 3.8) is 0 Å². The third kappa shape index (κ3) is 6.75. The molecule has 2 aromatic carbocycles. The van der Waals surface area contributed by atoms with E-state index in [0.29, 0.717) is 31.4 Å². The molecular formula is C40H49N3O7. The molecule has 0 radical (unpaired) electrons. The monoisotopic (exact) mass is 683 g/mol. The van der Waals surface area contributed by atoms with Gasteiger partial charge < -0.3 is 29.7 Å². The summed E-state index contributed by atoms with van der Waals surface area (Å²) in [6.07, 6.45) is 9.29. The van der Waals surface area contributed by atoms with Gasteiger partial charge in [-0.1, -0.05) is 92.1 Å². The fourth-order valence-electron chi connectivity index (χ4n) is 8.79. The van der Waals surface area contributed by atoms with E-state index in [1.165, 1.54) is 4.90 Å². The number of ether oxygens (including phenoxy) is 2. The standard InChI is InChI=1S/C40H49N3O7/c1-3-5-21-33(45)49-26-30(27-15-9-6-10-16-27)41-37(46)34-32-22-23-40(50-32)35(34)38(47)43(31(25-44)28-17-11-7-12-18-28)36(40)39(48)42(24-4-2)29-19-13-8-14-20-29/h3-4,6-7,9-12,15-18,29-32,34-36,44H,1-2,5,8,13-14,19-26H2,(H,41,46)/t30-,31-,32+,34-,35-,36+,40-/m1/s1. The smallest absolute Gasteiger partial charge is 0.306 e. The van der Waals surface area contributed by atoms with E-state index < -0.39 is 60.1 Å². The number of benzene rings is 2. The number of fused-ring (bicyclic) bond motifs is 1. The predicted octanol–water partition coefficient (Wildman–Crippen LogP) is 4.81. The van der Waals surface area contributed by atoms with Gasteiger partial charge in [-0.25, -0.2) is 0 Å². The molecule has 50 heavy (non-hydrogen) atoms. The summed E-state index contributed by atoms with van der Waals surface area (Å²) in [7, 11) is 0. The Hall–Kier alpha value is -4.28. The topological polar surface area (TPSA) is 125 Å². The number of likely N-dealkylation sites (tertiary alicyclic amines) is 1. The van der Waals surface area contributed by atoms with Gasteiger partial charge in [-0.05, 0) is 43.2 Å². The van der Waals surface area contributed by atoms with Crippen LogP contribution in [-0.4, -0.2) is 82.1 Å². The van der Waals surface area contributed by atoms with Gasteiger partial charge in [0.15, 0.2) is 0 Å². The van der Waals surface area contributed by atoms with Crippen LogP contribution in [0.3, 0.4) is 0 Å². The Morgan fingerprint density at radius 2 is 1.68 bits per heavy atom. The molecule has 3 amide bonds. The van der Waals surface area contributed by atoms with Crippen LogP contribution >= 0.6 is 0 Å². The van der Waals surface area contributed by atoms with Crippen LogP contribution in [0.5, 0.6) is 0 Å². The molecule has 4 aliphatic rings. The van der Waals surface area contributed by atoms with Gasteiger partial charge in [0, 0.05) is 19.0 Å². The molecule has 1 saturated carbocycles. The van der Waals surface area contributed by atoms with Crippen molar-refractivity contribution in [3.05, 3.63) is 97.1 Å². The number of rotatable bonds is 15. The normalized spacial score (nSPS) is 26.9. The van der Waals surface area contributed by atoms with Crippen molar-refractivity contribution in [3.8, 4) is 0 Å². The lowest BCUT2D eigenvalue weighted by molar-refractivity contribution is -0.153. The maximum Gasteiger partial charge on any atom is 0.306 e. The van der Waals surface area contributed by atoms with Crippen molar-refractivity contribution in [1.29, 1.82) is 0 Å². The van der Waals surface area contributed by atoms with Crippen LogP contribution in [0.1, 0.15) is 81.0 Å². The van der Waals surface area contributed by atoms with Crippen LogP contribution < -0.4 is 5.32 Å². The number of amides is 3. The average Bonchev–Trinajstić information content (AvgIpc) is 3.80. The van der Waals surface area contributed by atoms with Crippen molar-refractivity contribution >= 4 is 23.7 Å². The molecule has 10 heteroatoms. The van der Waals surface area contributed by atoms with E-state index in [9.17, 15) is 24.3 Å². The first-order valence-corrected chi connectivity index (χ1v) is 18.0. The van der Waals surface area contributed by atoms with Gasteiger partial charge in [0.05, 0.1) is 36.6 Å². The number of hydrogen-bond donors (Lipinski definition) is 2. The molecule has 0 aromatic heterocycles. The van der Waals surface area contributed by atoms with E-state index >= 15 is 0 Å². The number of allylic oxidation sites excluding steroid dienone is 1. The number of nitrogens with zero attached hydrogens (tertiary/aromatic N) is 2. The molecule has 0 unspecified atom stereocenters. The fraction of sp³-hybridized carbons (Fsp3) is 0.500. The lowest BCUT2D eigenvalue weighted by atomic mass is 9.70. The number of aliphatic hydroxyl groups is 1. The minimum absolute atomic E-state index is 0.00414. The second-order valence-corrected chi connectivity index (χ2v) is 14.0. The van der Waals surface area contributed by atoms with Gasteiger partial charge >= 0.3 is 5.97 Å². The van der Waals surface area contributed by atoms with Crippen LogP contribution in [0.4, 0.5) is 0 Å². The molecule has 1 aliphatic carbocycles. The molecule has 266 valence electrons. The summed E-state index contributed by atoms with van der Waals surface area (Å²) in [4.78, 5) is 60.1. The number of aliphatic hydroxyl groups excluding tert-OH is 1. The van der Waals surface area contributed by atoms with Crippen LogP contribution in [0, 0.1) is 11.8 Å². The second kappa shape index (κ2) is 15.7. The molecule has 4 fully saturated rings. The van der Waals surface area contributed by atoms with Gasteiger partial charge in [0.25, 0.3) is 0 Å². The molecule has 2 aromatic rings. The summed E-state index contributed by atoms with van der Waals surface area (Å²) in [5, 5.41) is 13.9. The van der Waals surface area contributed by atoms with E-state index in [-0.39, 0.29) is 30.9 Å². The Morgan fingerprint density at radius 1 is 1.00 bits per heavy atom. The van der Waals surface area contributed by atoms with Gasteiger partial charge in [0.1, 0.15) is 18.2 Å². The third-order valence-corrected chi connectivity index (χ3v) is 11.1. The van der Waals surface area contributed by atoms with E-state index in [1.807, 2.05) is 65.6 Å². The molecule has 10 nitrogen and oxygen atoms in total. The number of carbonyl (C=O) groups excluding carboxylic acids is 4. The molecule has 7 atom stereocenters. The van der Waals surface area contributed by atoms with E-state index in [0.717, 1.165) is 37.7 Å². The Kier molecular flexibility index (Phi) is 11.2. The molecule has 2 N–H and O–H groups in total. The lowest BCUT2D eigenvalue weighted by Crippen LogP contribution is -2.59. The highest BCUT2D eigenvalue weighted by Crippen LogP contribution is 2.60. The van der Waals surface area contributed by atoms with Gasteiger partial charge in [-0.3, -0.25) is 19.2 Å². The van der Waals surface area contributed by atoms with E-state index in [4.69, 9.17) is 9.47 Å². The first-order chi connectivity index (χ1) is 24.3. The summed E-state index contributed by atoms with van der Waals surface area (Å²) in [5.74, 6) is -3.20. The van der Waals surface area contributed by atoms with Crippen LogP contribution in [0.15, 0.2) is 86.0 Å². The summed E-state index contributed by atoms with van der Waals surface area (Å²) in [5.41, 5.74) is 0.209. The third-order valence-electron chi connectivity index (χ3n) is 11.1. The zero-order chi connectivity index (χ0) is 35.3. The molecule has 3 heterocycles. The lowest BCUT2D eigenvalue weighted by Gasteiger charge is -2.42. The number of nitrogens with one attached hydrogen (secondary N) is 1. The Labute approximate surface area is 294 Å². The Balaban J connectivity index is 1.35. The SMILES string of the molecule is C=CCCC(=O)OC[C@@H](NC(=O)[C@@H]1[C@@H]2CC[C@]3(O2)[C@H](C(=O)N(CC=C)C2CCCCC2)N([C@H](CO)c2ccccc2)C(=O)[C@@H]13)c1ccccc1. The van der Waals surface area contributed by atoms with Gasteiger partial charge in [0.2, 0.25) is 17.7 Å². The molecular weight excluding hydrogens is 634 g/mol. The molecule has 3 aliphatic heterocycles. The van der Waals surface area contributed by atoms with Crippen molar-refractivity contribution < 1.29 is 33.8 Å². The van der Waals surface area contributed by atoms with Crippen molar-refractivity contribution in [2.24, 2.45) is 11.8 Å². The predicted molar refractivity (Wildman–Crippen MR) is 187 cm³/mol. The number of esters is 1. The Bertz CT molecular complexity index is 1540. The highest BCUT2D eigenvalue weighted by molar-refractivity contribution is 5.99. The molecule has 2 bridgehead atoms. The summed E-state index contributed by atoms with van der Waals surface area (Å²) < 4.78 is 12.3. The largest absolute Gasteiger partial charge is 0.463 e. The highest BCUT2D eigenvalue weighted by Gasteiger charge is 2.75. The zero-order valence-corrected chi connectivity index (χ0v) is 28.7. The molecule has 3 saturated heterocycles. The maximum atomic E-state index is 15.0. The van der Waals surface area contributed by atoms with Crippen molar-refractivity contribution in [2.45, 2.75) is 93.7 Å². The summed E-state index contributed by atoms with van der Waals surface area (Å²) in [6, 6.07) is 16.0. The number of hydrogen-bond acceptors (Lipinski definition) is 7. The maximum absolute atomic E-state index is 15.0. The van der Waals surface area contributed by atoms with E-state index in [2.05, 4.69) is 18.5 Å². The Morgan fingerprint density at radius 3 is 2.32 bits per heavy atom.